The van der Waals surface area contributed by atoms with Crippen molar-refractivity contribution >= 4 is 28.3 Å². The van der Waals surface area contributed by atoms with Crippen molar-refractivity contribution < 1.29 is 18.7 Å². The van der Waals surface area contributed by atoms with Gasteiger partial charge in [0.2, 0.25) is 5.91 Å². The molecule has 0 bridgehead atoms. The Morgan fingerprint density at radius 3 is 2.67 bits per heavy atom. The van der Waals surface area contributed by atoms with Crippen LogP contribution in [0.4, 0.5) is 5.13 Å². The normalized spacial score (nSPS) is 10.6. The molecule has 3 rings (SSSR count). The van der Waals surface area contributed by atoms with Gasteiger partial charge in [-0.3, -0.25) is 14.9 Å². The van der Waals surface area contributed by atoms with Gasteiger partial charge in [-0.1, -0.05) is 24.3 Å². The highest BCUT2D eigenvalue weighted by Crippen LogP contribution is 2.17. The van der Waals surface area contributed by atoms with Crippen molar-refractivity contribution in [3.63, 3.8) is 0 Å². The number of carbonyl (C=O) groups excluding carboxylic acids is 2. The Hall–Kier alpha value is -2.97. The summed E-state index contributed by atoms with van der Waals surface area (Å²) in [5.74, 6) is -0.298. The summed E-state index contributed by atoms with van der Waals surface area (Å²) in [6, 6.07) is 11.1. The molecule has 2 heterocycles. The van der Waals surface area contributed by atoms with Crippen molar-refractivity contribution in [3.8, 4) is 0 Å². The van der Waals surface area contributed by atoms with Gasteiger partial charge in [0.05, 0.1) is 25.0 Å². The zero-order valence-electron chi connectivity index (χ0n) is 14.7. The number of amides is 2. The summed E-state index contributed by atoms with van der Waals surface area (Å²) >= 11 is 1.26. The largest absolute Gasteiger partial charge is 0.459 e. The van der Waals surface area contributed by atoms with Gasteiger partial charge < -0.3 is 14.5 Å². The van der Waals surface area contributed by atoms with Crippen molar-refractivity contribution in [2.24, 2.45) is 0 Å². The van der Waals surface area contributed by atoms with Gasteiger partial charge in [0, 0.05) is 19.0 Å². The lowest BCUT2D eigenvalue weighted by atomic mass is 10.1. The van der Waals surface area contributed by atoms with Crippen LogP contribution in [0.25, 0.3) is 0 Å². The number of anilines is 1. The number of thiazole rings is 1. The number of nitrogens with one attached hydrogen (secondary N) is 2. The second kappa shape index (κ2) is 9.11. The van der Waals surface area contributed by atoms with Crippen LogP contribution in [0.5, 0.6) is 0 Å². The predicted octanol–water partition coefficient (Wildman–Crippen LogP) is 2.99. The van der Waals surface area contributed by atoms with E-state index in [9.17, 15) is 9.59 Å². The molecule has 0 atom stereocenters. The molecule has 0 saturated carbocycles. The molecule has 0 fully saturated rings. The first kappa shape index (κ1) is 18.8. The van der Waals surface area contributed by atoms with Gasteiger partial charge in [-0.15, -0.1) is 11.3 Å². The van der Waals surface area contributed by atoms with Crippen LogP contribution in [0.1, 0.15) is 27.4 Å². The number of furan rings is 1. The van der Waals surface area contributed by atoms with Crippen LogP contribution in [0.3, 0.4) is 0 Å². The van der Waals surface area contributed by atoms with Gasteiger partial charge in [-0.25, -0.2) is 4.98 Å². The molecular formula is C19H19N3O4S. The highest BCUT2D eigenvalue weighted by atomic mass is 32.1. The van der Waals surface area contributed by atoms with E-state index in [1.807, 2.05) is 24.3 Å². The third-order valence-corrected chi connectivity index (χ3v) is 4.49. The van der Waals surface area contributed by atoms with Gasteiger partial charge in [0.25, 0.3) is 5.91 Å². The van der Waals surface area contributed by atoms with E-state index in [4.69, 9.17) is 9.15 Å². The standard InChI is InChI=1S/C19H19N3O4S/c1-25-11-14-6-4-13(5-7-14)10-20-17(23)9-15-12-27-19(21-15)22-18(24)16-3-2-8-26-16/h2-8,12H,9-11H2,1H3,(H,20,23)(H,21,22,24). The average Bonchev–Trinajstić information content (AvgIpc) is 3.34. The summed E-state index contributed by atoms with van der Waals surface area (Å²) in [6.07, 6.45) is 1.58. The van der Waals surface area contributed by atoms with Gasteiger partial charge in [-0.05, 0) is 23.3 Å². The Morgan fingerprint density at radius 2 is 1.96 bits per heavy atom. The second-order valence-electron chi connectivity index (χ2n) is 5.78. The van der Waals surface area contributed by atoms with Crippen LogP contribution >= 0.6 is 11.3 Å². The Bertz CT molecular complexity index is 888. The number of hydrogen-bond donors (Lipinski definition) is 2. The zero-order chi connectivity index (χ0) is 19.1. The Balaban J connectivity index is 1.47. The monoisotopic (exact) mass is 385 g/mol. The molecule has 0 aliphatic carbocycles. The van der Waals surface area contributed by atoms with Gasteiger partial charge >= 0.3 is 0 Å². The second-order valence-corrected chi connectivity index (χ2v) is 6.64. The minimum Gasteiger partial charge on any atom is -0.459 e. The molecule has 2 aromatic heterocycles. The van der Waals surface area contributed by atoms with Crippen molar-refractivity contribution in [3.05, 3.63) is 70.6 Å². The molecule has 27 heavy (non-hydrogen) atoms. The molecule has 7 nitrogen and oxygen atoms in total. The first-order valence-electron chi connectivity index (χ1n) is 8.27. The van der Waals surface area contributed by atoms with Crippen LogP contribution in [-0.4, -0.2) is 23.9 Å². The smallest absolute Gasteiger partial charge is 0.293 e. The number of carbonyl (C=O) groups is 2. The maximum atomic E-state index is 12.1. The first-order chi connectivity index (χ1) is 13.1. The van der Waals surface area contributed by atoms with E-state index in [1.54, 1.807) is 24.6 Å². The Labute approximate surface area is 160 Å². The molecule has 0 aliphatic heterocycles. The molecule has 2 amide bonds. The van der Waals surface area contributed by atoms with Crippen LogP contribution in [0, 0.1) is 0 Å². The minimum atomic E-state index is -0.373. The number of ether oxygens (including phenoxy) is 1. The number of nitrogens with zero attached hydrogens (tertiary/aromatic N) is 1. The quantitative estimate of drug-likeness (QED) is 0.622. The Kier molecular flexibility index (Phi) is 6.35. The van der Waals surface area contributed by atoms with E-state index < -0.39 is 0 Å². The van der Waals surface area contributed by atoms with E-state index in [0.717, 1.165) is 11.1 Å². The molecule has 1 aromatic carbocycles. The van der Waals surface area contributed by atoms with Crippen molar-refractivity contribution in [1.29, 1.82) is 0 Å². The van der Waals surface area contributed by atoms with Gasteiger partial charge in [-0.2, -0.15) is 0 Å². The molecule has 0 spiro atoms. The number of aromatic nitrogens is 1. The van der Waals surface area contributed by atoms with Crippen molar-refractivity contribution in [2.45, 2.75) is 19.6 Å². The molecule has 0 radical (unpaired) electrons. The summed E-state index contributed by atoms with van der Waals surface area (Å²) in [5.41, 5.74) is 2.69. The van der Waals surface area contributed by atoms with E-state index in [-0.39, 0.29) is 24.0 Å². The highest BCUT2D eigenvalue weighted by Gasteiger charge is 2.12. The first-order valence-corrected chi connectivity index (χ1v) is 9.14. The summed E-state index contributed by atoms with van der Waals surface area (Å²) in [4.78, 5) is 28.3. The van der Waals surface area contributed by atoms with Gasteiger partial charge in [0.15, 0.2) is 10.9 Å². The van der Waals surface area contributed by atoms with Crippen LogP contribution < -0.4 is 10.6 Å². The molecule has 2 N–H and O–H groups in total. The van der Waals surface area contributed by atoms with Gasteiger partial charge in [0.1, 0.15) is 0 Å². The fourth-order valence-corrected chi connectivity index (χ4v) is 3.06. The summed E-state index contributed by atoms with van der Waals surface area (Å²) < 4.78 is 10.1. The van der Waals surface area contributed by atoms with Crippen molar-refractivity contribution in [1.82, 2.24) is 10.3 Å². The zero-order valence-corrected chi connectivity index (χ0v) is 15.5. The lowest BCUT2D eigenvalue weighted by Crippen LogP contribution is -2.24. The van der Waals surface area contributed by atoms with E-state index in [0.29, 0.717) is 24.0 Å². The molecular weight excluding hydrogens is 366 g/mol. The molecule has 0 saturated heterocycles. The van der Waals surface area contributed by atoms with Crippen LogP contribution in [0.2, 0.25) is 0 Å². The summed E-state index contributed by atoms with van der Waals surface area (Å²) in [6.45, 7) is 1.01. The number of rotatable bonds is 8. The topological polar surface area (TPSA) is 93.5 Å². The molecule has 0 aliphatic rings. The third-order valence-electron chi connectivity index (χ3n) is 3.68. The van der Waals surface area contributed by atoms with E-state index in [2.05, 4.69) is 15.6 Å². The maximum absolute atomic E-state index is 12.1. The molecule has 3 aromatic rings. The number of benzene rings is 1. The SMILES string of the molecule is COCc1ccc(CNC(=O)Cc2csc(NC(=O)c3ccco3)n2)cc1. The fraction of sp³-hybridized carbons (Fsp3) is 0.211. The lowest BCUT2D eigenvalue weighted by Gasteiger charge is -2.06. The maximum Gasteiger partial charge on any atom is 0.293 e. The number of hydrogen-bond acceptors (Lipinski definition) is 6. The van der Waals surface area contributed by atoms with Crippen molar-refractivity contribution in [2.75, 3.05) is 12.4 Å². The van der Waals surface area contributed by atoms with Crippen LogP contribution in [-0.2, 0) is 29.1 Å². The molecule has 0 unspecified atom stereocenters. The van der Waals surface area contributed by atoms with E-state index in [1.165, 1.54) is 17.6 Å². The lowest BCUT2D eigenvalue weighted by molar-refractivity contribution is -0.120. The molecule has 8 heteroatoms. The number of methoxy groups -OCH3 is 1. The van der Waals surface area contributed by atoms with E-state index >= 15 is 0 Å². The highest BCUT2D eigenvalue weighted by molar-refractivity contribution is 7.14. The fourth-order valence-electron chi connectivity index (χ4n) is 2.36. The minimum absolute atomic E-state index is 0.134. The molecule has 140 valence electrons. The summed E-state index contributed by atoms with van der Waals surface area (Å²) in [5, 5.41) is 7.68. The average molecular weight is 385 g/mol. The van der Waals surface area contributed by atoms with Crippen LogP contribution in [0.15, 0.2) is 52.5 Å². The summed E-state index contributed by atoms with van der Waals surface area (Å²) in [7, 11) is 1.65. The Morgan fingerprint density at radius 1 is 1.19 bits per heavy atom. The third kappa shape index (κ3) is 5.50. The predicted molar refractivity (Wildman–Crippen MR) is 101 cm³/mol.